The first kappa shape index (κ1) is 18.4. The summed E-state index contributed by atoms with van der Waals surface area (Å²) in [7, 11) is 0. The van der Waals surface area contributed by atoms with Crippen molar-refractivity contribution in [2.45, 2.75) is 13.5 Å². The van der Waals surface area contributed by atoms with Crippen molar-refractivity contribution >= 4 is 29.0 Å². The molecule has 0 radical (unpaired) electrons. The van der Waals surface area contributed by atoms with Gasteiger partial charge >= 0.3 is 0 Å². The quantitative estimate of drug-likeness (QED) is 0.700. The van der Waals surface area contributed by atoms with Crippen molar-refractivity contribution in [1.82, 2.24) is 15.2 Å². The molecular formula is C21H20N6O2. The standard InChI is InChI=1S/C21H20N6O2/c1-15-6-8-18(9-7-15)27-19(28)13-22-20(25-27)21(29)24-17-5-2-4-16(12-17)14-26-11-3-10-23-26/h2-12H,13-14H2,1H3,(H,22,25)(H,24,29). The summed E-state index contributed by atoms with van der Waals surface area (Å²) in [4.78, 5) is 29.0. The van der Waals surface area contributed by atoms with Gasteiger partial charge in [0, 0.05) is 18.1 Å². The summed E-state index contributed by atoms with van der Waals surface area (Å²) >= 11 is 0. The van der Waals surface area contributed by atoms with E-state index in [0.29, 0.717) is 17.9 Å². The zero-order valence-corrected chi connectivity index (χ0v) is 15.9. The van der Waals surface area contributed by atoms with Crippen molar-refractivity contribution in [3.05, 3.63) is 78.1 Å². The van der Waals surface area contributed by atoms with Crippen LogP contribution in [0.4, 0.5) is 11.4 Å². The minimum absolute atomic E-state index is 0.0858. The Hall–Kier alpha value is -3.94. The molecule has 0 spiro atoms. The Morgan fingerprint density at radius 1 is 1.17 bits per heavy atom. The first-order chi connectivity index (χ1) is 14.1. The number of hydrogen-bond acceptors (Lipinski definition) is 5. The number of aromatic nitrogens is 2. The summed E-state index contributed by atoms with van der Waals surface area (Å²) in [6.07, 6.45) is 3.60. The summed E-state index contributed by atoms with van der Waals surface area (Å²) in [6, 6.07) is 16.8. The normalized spacial score (nSPS) is 13.6. The molecule has 2 aromatic carbocycles. The van der Waals surface area contributed by atoms with Gasteiger partial charge in [0.25, 0.3) is 11.8 Å². The Morgan fingerprint density at radius 3 is 2.76 bits per heavy atom. The Bertz CT molecular complexity index is 1060. The Morgan fingerprint density at radius 2 is 2.00 bits per heavy atom. The van der Waals surface area contributed by atoms with Gasteiger partial charge in [0.15, 0.2) is 0 Å². The molecule has 8 nitrogen and oxygen atoms in total. The zero-order chi connectivity index (χ0) is 20.2. The molecule has 0 saturated heterocycles. The summed E-state index contributed by atoms with van der Waals surface area (Å²) in [5.41, 5.74) is 6.20. The Kier molecular flexibility index (Phi) is 5.07. The molecule has 8 heteroatoms. The average Bonchev–Trinajstić information content (AvgIpc) is 3.22. The van der Waals surface area contributed by atoms with Crippen molar-refractivity contribution in [2.75, 3.05) is 16.9 Å². The number of rotatable bonds is 5. The predicted octanol–water partition coefficient (Wildman–Crippen LogP) is 2.13. The van der Waals surface area contributed by atoms with Gasteiger partial charge in [-0.3, -0.25) is 24.7 Å². The number of nitrogens with zero attached hydrogens (tertiary/aromatic N) is 4. The predicted molar refractivity (Wildman–Crippen MR) is 111 cm³/mol. The topological polar surface area (TPSA) is 91.6 Å². The monoisotopic (exact) mass is 388 g/mol. The highest BCUT2D eigenvalue weighted by Crippen LogP contribution is 2.16. The lowest BCUT2D eigenvalue weighted by atomic mass is 10.2. The molecule has 2 N–H and O–H groups in total. The van der Waals surface area contributed by atoms with E-state index >= 15 is 0 Å². The summed E-state index contributed by atoms with van der Waals surface area (Å²) in [5.74, 6) is -0.555. The molecule has 3 aromatic rings. The van der Waals surface area contributed by atoms with Crippen LogP contribution in [0.2, 0.25) is 0 Å². The molecule has 0 atom stereocenters. The van der Waals surface area contributed by atoms with Gasteiger partial charge < -0.3 is 5.32 Å². The third-order valence-electron chi connectivity index (χ3n) is 4.44. The van der Waals surface area contributed by atoms with E-state index in [1.165, 1.54) is 5.01 Å². The number of hydrogen-bond donors (Lipinski definition) is 2. The molecule has 0 aliphatic carbocycles. The van der Waals surface area contributed by atoms with Crippen LogP contribution in [0.15, 0.2) is 72.0 Å². The molecule has 29 heavy (non-hydrogen) atoms. The minimum atomic E-state index is -0.411. The second kappa shape index (κ2) is 7.97. The first-order valence-corrected chi connectivity index (χ1v) is 9.17. The van der Waals surface area contributed by atoms with Crippen LogP contribution in [0.3, 0.4) is 0 Å². The van der Waals surface area contributed by atoms with Crippen LogP contribution in [-0.4, -0.2) is 34.0 Å². The number of aryl methyl sites for hydroxylation is 1. The van der Waals surface area contributed by atoms with E-state index < -0.39 is 5.91 Å². The SMILES string of the molecule is Cc1ccc(N2NC(C(=O)Nc3cccc(Cn4cccn4)c3)=NCC2=O)cc1. The van der Waals surface area contributed by atoms with Crippen LogP contribution in [0, 0.1) is 6.92 Å². The second-order valence-electron chi connectivity index (χ2n) is 6.70. The number of benzene rings is 2. The van der Waals surface area contributed by atoms with Crippen molar-refractivity contribution < 1.29 is 9.59 Å². The summed E-state index contributed by atoms with van der Waals surface area (Å²) in [5, 5.41) is 8.36. The molecule has 0 fully saturated rings. The minimum Gasteiger partial charge on any atom is -0.319 e. The summed E-state index contributed by atoms with van der Waals surface area (Å²) < 4.78 is 1.80. The van der Waals surface area contributed by atoms with Gasteiger partial charge in [0.2, 0.25) is 5.84 Å². The van der Waals surface area contributed by atoms with E-state index in [0.717, 1.165) is 11.1 Å². The molecule has 2 amide bonds. The van der Waals surface area contributed by atoms with Gasteiger partial charge in [-0.05, 0) is 42.8 Å². The van der Waals surface area contributed by atoms with Gasteiger partial charge in [-0.1, -0.05) is 29.8 Å². The molecule has 0 bridgehead atoms. The number of aliphatic imine (C=N–C) groups is 1. The third kappa shape index (κ3) is 4.32. The number of amidine groups is 1. The summed E-state index contributed by atoms with van der Waals surface area (Å²) in [6.45, 7) is 2.48. The first-order valence-electron chi connectivity index (χ1n) is 9.17. The molecule has 1 aromatic heterocycles. The maximum atomic E-state index is 12.7. The van der Waals surface area contributed by atoms with Crippen molar-refractivity contribution in [2.24, 2.45) is 4.99 Å². The van der Waals surface area contributed by atoms with Gasteiger partial charge in [0.1, 0.15) is 6.54 Å². The van der Waals surface area contributed by atoms with Crippen LogP contribution in [0.1, 0.15) is 11.1 Å². The highest BCUT2D eigenvalue weighted by molar-refractivity contribution is 6.43. The second-order valence-corrected chi connectivity index (χ2v) is 6.70. The van der Waals surface area contributed by atoms with Gasteiger partial charge in [-0.15, -0.1) is 0 Å². The van der Waals surface area contributed by atoms with E-state index in [-0.39, 0.29) is 18.3 Å². The lowest BCUT2D eigenvalue weighted by Crippen LogP contribution is -2.54. The van der Waals surface area contributed by atoms with E-state index in [4.69, 9.17) is 0 Å². The molecule has 4 rings (SSSR count). The van der Waals surface area contributed by atoms with E-state index in [2.05, 4.69) is 20.8 Å². The van der Waals surface area contributed by atoms with Gasteiger partial charge in [0.05, 0.1) is 12.2 Å². The van der Waals surface area contributed by atoms with Crippen molar-refractivity contribution in [3.8, 4) is 0 Å². The fraction of sp³-hybridized carbons (Fsp3) is 0.143. The van der Waals surface area contributed by atoms with Crippen LogP contribution >= 0.6 is 0 Å². The Labute approximate surface area is 167 Å². The molecule has 0 saturated carbocycles. The number of hydrazine groups is 1. The van der Waals surface area contributed by atoms with Crippen molar-refractivity contribution in [3.63, 3.8) is 0 Å². The number of carbonyl (C=O) groups is 2. The fourth-order valence-electron chi connectivity index (χ4n) is 2.96. The zero-order valence-electron chi connectivity index (χ0n) is 15.9. The average molecular weight is 388 g/mol. The lowest BCUT2D eigenvalue weighted by Gasteiger charge is -2.27. The van der Waals surface area contributed by atoms with Crippen LogP contribution < -0.4 is 15.8 Å². The maximum Gasteiger partial charge on any atom is 0.292 e. The third-order valence-corrected chi connectivity index (χ3v) is 4.44. The number of anilines is 2. The van der Waals surface area contributed by atoms with Gasteiger partial charge in [-0.2, -0.15) is 5.10 Å². The molecular weight excluding hydrogens is 368 g/mol. The fourth-order valence-corrected chi connectivity index (χ4v) is 2.96. The van der Waals surface area contributed by atoms with Crippen LogP contribution in [-0.2, 0) is 16.1 Å². The largest absolute Gasteiger partial charge is 0.319 e. The molecule has 2 heterocycles. The van der Waals surface area contributed by atoms with Crippen molar-refractivity contribution in [1.29, 1.82) is 0 Å². The molecule has 1 aliphatic rings. The van der Waals surface area contributed by atoms with E-state index in [1.807, 2.05) is 61.7 Å². The molecule has 1 aliphatic heterocycles. The molecule has 0 unspecified atom stereocenters. The van der Waals surface area contributed by atoms with Crippen LogP contribution in [0.5, 0.6) is 0 Å². The Balaban J connectivity index is 1.45. The van der Waals surface area contributed by atoms with E-state index in [1.54, 1.807) is 16.9 Å². The lowest BCUT2D eigenvalue weighted by molar-refractivity contribution is -0.118. The smallest absolute Gasteiger partial charge is 0.292 e. The van der Waals surface area contributed by atoms with Gasteiger partial charge in [-0.25, -0.2) is 5.01 Å². The highest BCUT2D eigenvalue weighted by Gasteiger charge is 2.25. The van der Waals surface area contributed by atoms with Crippen LogP contribution in [0.25, 0.3) is 0 Å². The number of carbonyl (C=O) groups excluding carboxylic acids is 2. The maximum absolute atomic E-state index is 12.7. The number of nitrogens with one attached hydrogen (secondary N) is 2. The molecule has 146 valence electrons. The number of amides is 2. The highest BCUT2D eigenvalue weighted by atomic mass is 16.2. The van der Waals surface area contributed by atoms with E-state index in [9.17, 15) is 9.59 Å².